The van der Waals surface area contributed by atoms with Crippen molar-refractivity contribution in [3.63, 3.8) is 0 Å². The number of halogens is 3. The largest absolute Gasteiger partial charge is 0.416 e. The van der Waals surface area contributed by atoms with Gasteiger partial charge in [-0.1, -0.05) is 12.1 Å². The average Bonchev–Trinajstić information content (AvgIpc) is 2.71. The maximum atomic E-state index is 12.6. The van der Waals surface area contributed by atoms with Crippen LogP contribution in [0.2, 0.25) is 0 Å². The molecule has 116 valence electrons. The molecular formula is C15H14F3N3O. The van der Waals surface area contributed by atoms with Crippen molar-refractivity contribution < 1.29 is 13.2 Å². The van der Waals surface area contributed by atoms with E-state index in [4.69, 9.17) is 0 Å². The minimum absolute atomic E-state index is 0.511. The molecule has 1 aliphatic heterocycles. The molecule has 22 heavy (non-hydrogen) atoms. The molecule has 0 amide bonds. The van der Waals surface area contributed by atoms with Gasteiger partial charge in [0.15, 0.2) is 0 Å². The number of H-pyrrole nitrogens is 1. The minimum atomic E-state index is -4.37. The van der Waals surface area contributed by atoms with Crippen LogP contribution in [0.3, 0.4) is 0 Å². The van der Waals surface area contributed by atoms with Gasteiger partial charge in [0.1, 0.15) is 5.82 Å². The Kier molecular flexibility index (Phi) is 3.64. The van der Waals surface area contributed by atoms with Crippen LogP contribution in [0.25, 0.3) is 11.3 Å². The van der Waals surface area contributed by atoms with E-state index < -0.39 is 17.4 Å². The molecule has 0 spiro atoms. The molecule has 0 aliphatic carbocycles. The number of aromatic amines is 1. The number of fused-ring (bicyclic) bond motifs is 1. The van der Waals surface area contributed by atoms with Crippen molar-refractivity contribution in [2.24, 2.45) is 0 Å². The summed E-state index contributed by atoms with van der Waals surface area (Å²) in [5.41, 5.74) is 0.711. The first kappa shape index (κ1) is 14.6. The molecule has 1 aromatic carbocycles. The van der Waals surface area contributed by atoms with Crippen LogP contribution in [0.1, 0.15) is 24.0 Å². The van der Waals surface area contributed by atoms with Crippen LogP contribution in [0.15, 0.2) is 29.1 Å². The maximum Gasteiger partial charge on any atom is 0.416 e. The lowest BCUT2D eigenvalue weighted by molar-refractivity contribution is -0.137. The van der Waals surface area contributed by atoms with Crippen molar-refractivity contribution in [3.05, 3.63) is 45.9 Å². The minimum Gasteiger partial charge on any atom is -0.370 e. The van der Waals surface area contributed by atoms with Gasteiger partial charge in [-0.2, -0.15) is 18.2 Å². The molecular weight excluding hydrogens is 295 g/mol. The summed E-state index contributed by atoms with van der Waals surface area (Å²) in [7, 11) is 0. The van der Waals surface area contributed by atoms with Gasteiger partial charge in [0.25, 0.3) is 0 Å². The van der Waals surface area contributed by atoms with Gasteiger partial charge < -0.3 is 10.3 Å². The molecule has 2 heterocycles. The molecule has 7 heteroatoms. The summed E-state index contributed by atoms with van der Waals surface area (Å²) in [6.07, 6.45) is -1.76. The van der Waals surface area contributed by atoms with E-state index in [2.05, 4.69) is 15.3 Å². The number of benzene rings is 1. The Morgan fingerprint density at radius 1 is 1.09 bits per heavy atom. The zero-order valence-corrected chi connectivity index (χ0v) is 11.6. The first-order valence-electron chi connectivity index (χ1n) is 7.00. The molecule has 3 rings (SSSR count). The molecule has 4 nitrogen and oxygen atoms in total. The lowest BCUT2D eigenvalue weighted by Gasteiger charge is -2.12. The number of hydrogen-bond acceptors (Lipinski definition) is 3. The van der Waals surface area contributed by atoms with Gasteiger partial charge in [-0.15, -0.1) is 0 Å². The van der Waals surface area contributed by atoms with Gasteiger partial charge in [-0.3, -0.25) is 0 Å². The van der Waals surface area contributed by atoms with Crippen molar-refractivity contribution in [2.75, 3.05) is 11.9 Å². The lowest BCUT2D eigenvalue weighted by atomic mass is 10.0. The second-order valence-corrected chi connectivity index (χ2v) is 5.20. The van der Waals surface area contributed by atoms with Gasteiger partial charge in [-0.25, -0.2) is 4.79 Å². The third-order valence-electron chi connectivity index (χ3n) is 3.68. The molecule has 1 aromatic heterocycles. The Morgan fingerprint density at radius 2 is 1.82 bits per heavy atom. The van der Waals surface area contributed by atoms with Gasteiger partial charge in [-0.05, 0) is 37.0 Å². The Balaban J connectivity index is 2.08. The van der Waals surface area contributed by atoms with Crippen molar-refractivity contribution in [1.82, 2.24) is 9.97 Å². The quantitative estimate of drug-likeness (QED) is 0.850. The number of nitrogens with one attached hydrogen (secondary N) is 2. The molecule has 0 saturated carbocycles. The Bertz CT molecular complexity index is 735. The van der Waals surface area contributed by atoms with E-state index in [9.17, 15) is 18.0 Å². The fraction of sp³-hybridized carbons (Fsp3) is 0.333. The van der Waals surface area contributed by atoms with Crippen LogP contribution in [0, 0.1) is 0 Å². The second kappa shape index (κ2) is 5.47. The third-order valence-corrected chi connectivity index (χ3v) is 3.68. The first-order chi connectivity index (χ1) is 10.4. The zero-order chi connectivity index (χ0) is 15.7. The summed E-state index contributed by atoms with van der Waals surface area (Å²) in [6, 6.07) is 4.79. The van der Waals surface area contributed by atoms with Crippen molar-refractivity contribution in [2.45, 2.75) is 25.4 Å². The van der Waals surface area contributed by atoms with Gasteiger partial charge in [0.2, 0.25) is 0 Å². The normalized spacial score (nSPS) is 14.9. The highest BCUT2D eigenvalue weighted by Crippen LogP contribution is 2.32. The Labute approximate surface area is 124 Å². The Hall–Kier alpha value is -2.31. The van der Waals surface area contributed by atoms with E-state index in [1.165, 1.54) is 12.1 Å². The molecule has 2 N–H and O–H groups in total. The van der Waals surface area contributed by atoms with Crippen LogP contribution < -0.4 is 11.0 Å². The highest BCUT2D eigenvalue weighted by Gasteiger charge is 2.30. The van der Waals surface area contributed by atoms with E-state index in [0.29, 0.717) is 17.1 Å². The van der Waals surface area contributed by atoms with Crippen molar-refractivity contribution in [3.8, 4) is 11.3 Å². The topological polar surface area (TPSA) is 57.8 Å². The highest BCUT2D eigenvalue weighted by atomic mass is 19.4. The van der Waals surface area contributed by atoms with Crippen LogP contribution in [0.5, 0.6) is 0 Å². The number of nitrogens with zero attached hydrogens (tertiary/aromatic N) is 1. The van der Waals surface area contributed by atoms with Crippen molar-refractivity contribution >= 4 is 5.82 Å². The molecule has 0 saturated heterocycles. The zero-order valence-electron chi connectivity index (χ0n) is 11.6. The summed E-state index contributed by atoms with van der Waals surface area (Å²) >= 11 is 0. The monoisotopic (exact) mass is 309 g/mol. The molecule has 1 aliphatic rings. The number of aromatic nitrogens is 2. The van der Waals surface area contributed by atoms with Crippen LogP contribution in [0.4, 0.5) is 19.0 Å². The van der Waals surface area contributed by atoms with E-state index in [-0.39, 0.29) is 0 Å². The summed E-state index contributed by atoms with van der Waals surface area (Å²) in [6.45, 7) is 0.732. The average molecular weight is 309 g/mol. The van der Waals surface area contributed by atoms with Gasteiger partial charge in [0.05, 0.1) is 11.3 Å². The van der Waals surface area contributed by atoms with E-state index >= 15 is 0 Å². The lowest BCUT2D eigenvalue weighted by Crippen LogP contribution is -2.17. The fourth-order valence-corrected chi connectivity index (χ4v) is 2.59. The van der Waals surface area contributed by atoms with E-state index in [1.54, 1.807) is 0 Å². The van der Waals surface area contributed by atoms with Crippen LogP contribution in [-0.2, 0) is 12.6 Å². The van der Waals surface area contributed by atoms with Crippen LogP contribution >= 0.6 is 0 Å². The summed E-state index contributed by atoms with van der Waals surface area (Å²) in [5, 5.41) is 3.10. The predicted octanol–water partition coefficient (Wildman–Crippen LogP) is 3.20. The van der Waals surface area contributed by atoms with Crippen molar-refractivity contribution in [1.29, 1.82) is 0 Å². The van der Waals surface area contributed by atoms with E-state index in [0.717, 1.165) is 43.5 Å². The molecule has 0 bridgehead atoms. The maximum absolute atomic E-state index is 12.6. The summed E-state index contributed by atoms with van der Waals surface area (Å²) in [4.78, 5) is 18.3. The highest BCUT2D eigenvalue weighted by molar-refractivity contribution is 5.68. The predicted molar refractivity (Wildman–Crippen MR) is 76.7 cm³/mol. The molecule has 0 radical (unpaired) electrons. The molecule has 0 fully saturated rings. The van der Waals surface area contributed by atoms with Gasteiger partial charge in [0, 0.05) is 12.1 Å². The summed E-state index contributed by atoms with van der Waals surface area (Å²) < 4.78 is 37.9. The molecule has 0 unspecified atom stereocenters. The number of rotatable bonds is 1. The Morgan fingerprint density at radius 3 is 2.50 bits per heavy atom. The van der Waals surface area contributed by atoms with Gasteiger partial charge >= 0.3 is 11.9 Å². The smallest absolute Gasteiger partial charge is 0.370 e. The number of alkyl halides is 3. The second-order valence-electron chi connectivity index (χ2n) is 5.20. The SMILES string of the molecule is O=c1nc2c(c(-c3ccc(C(F)(F)F)cc3)[nH]1)CCCCN2. The number of anilines is 1. The molecule has 0 atom stereocenters. The summed E-state index contributed by atoms with van der Waals surface area (Å²) in [5.74, 6) is 0.524. The number of hydrogen-bond donors (Lipinski definition) is 2. The molecule has 2 aromatic rings. The van der Waals surface area contributed by atoms with Crippen LogP contribution in [-0.4, -0.2) is 16.5 Å². The first-order valence-corrected chi connectivity index (χ1v) is 7.00. The third kappa shape index (κ3) is 2.84. The van der Waals surface area contributed by atoms with E-state index in [1.807, 2.05) is 0 Å². The fourth-order valence-electron chi connectivity index (χ4n) is 2.59. The standard InChI is InChI=1S/C15H14F3N3O/c16-15(17,18)10-6-4-9(5-7-10)12-11-3-1-2-8-19-13(11)21-14(22)20-12/h4-7H,1-3,8H2,(H2,19,20,21,22).